The molecule has 1 heterocycles. The van der Waals surface area contributed by atoms with E-state index in [0.29, 0.717) is 22.3 Å². The van der Waals surface area contributed by atoms with Gasteiger partial charge >= 0.3 is 0 Å². The van der Waals surface area contributed by atoms with E-state index in [1.165, 1.54) is 18.2 Å². The SMILES string of the molecule is Cc1nnc(Sc2ccc(F)cc2C=O)o1. The number of carbonyl (C=O) groups is 1. The maximum absolute atomic E-state index is 12.9. The van der Waals surface area contributed by atoms with Crippen LogP contribution in [0.4, 0.5) is 4.39 Å². The van der Waals surface area contributed by atoms with Crippen molar-refractivity contribution in [3.63, 3.8) is 0 Å². The van der Waals surface area contributed by atoms with Crippen molar-refractivity contribution in [2.45, 2.75) is 17.0 Å². The van der Waals surface area contributed by atoms with Crippen molar-refractivity contribution < 1.29 is 13.6 Å². The number of hydrogen-bond acceptors (Lipinski definition) is 5. The van der Waals surface area contributed by atoms with Crippen LogP contribution in [0.3, 0.4) is 0 Å². The first-order valence-electron chi connectivity index (χ1n) is 4.42. The average molecular weight is 238 g/mol. The van der Waals surface area contributed by atoms with E-state index in [1.807, 2.05) is 0 Å². The van der Waals surface area contributed by atoms with Crippen LogP contribution in [0.5, 0.6) is 0 Å². The quantitative estimate of drug-likeness (QED) is 0.769. The Morgan fingerprint density at radius 1 is 1.44 bits per heavy atom. The summed E-state index contributed by atoms with van der Waals surface area (Å²) in [4.78, 5) is 11.3. The highest BCUT2D eigenvalue weighted by Crippen LogP contribution is 2.29. The second-order valence-electron chi connectivity index (χ2n) is 2.99. The standard InChI is InChI=1S/C10H7FN2O2S/c1-6-12-13-10(15-6)16-9-3-2-8(11)4-7(9)5-14/h2-5H,1H3. The molecule has 0 atom stereocenters. The van der Waals surface area contributed by atoms with Gasteiger partial charge in [-0.1, -0.05) is 0 Å². The van der Waals surface area contributed by atoms with Gasteiger partial charge in [0.15, 0.2) is 6.29 Å². The molecule has 0 aliphatic rings. The highest BCUT2D eigenvalue weighted by molar-refractivity contribution is 7.99. The smallest absolute Gasteiger partial charge is 0.281 e. The first-order chi connectivity index (χ1) is 7.69. The number of aromatic nitrogens is 2. The van der Waals surface area contributed by atoms with Gasteiger partial charge in [0.05, 0.1) is 0 Å². The van der Waals surface area contributed by atoms with E-state index in [2.05, 4.69) is 10.2 Å². The van der Waals surface area contributed by atoms with Crippen molar-refractivity contribution in [3.8, 4) is 0 Å². The number of halogens is 1. The van der Waals surface area contributed by atoms with E-state index in [1.54, 1.807) is 6.92 Å². The van der Waals surface area contributed by atoms with Crippen LogP contribution in [0, 0.1) is 12.7 Å². The van der Waals surface area contributed by atoms with Crippen LogP contribution in [0.15, 0.2) is 32.7 Å². The lowest BCUT2D eigenvalue weighted by molar-refractivity contribution is 0.112. The third-order valence-corrected chi connectivity index (χ3v) is 2.73. The normalized spacial score (nSPS) is 10.4. The lowest BCUT2D eigenvalue weighted by atomic mass is 10.2. The summed E-state index contributed by atoms with van der Waals surface area (Å²) >= 11 is 1.13. The van der Waals surface area contributed by atoms with Crippen molar-refractivity contribution >= 4 is 18.0 Å². The molecule has 82 valence electrons. The van der Waals surface area contributed by atoms with E-state index >= 15 is 0 Å². The van der Waals surface area contributed by atoms with Crippen molar-refractivity contribution in [2.75, 3.05) is 0 Å². The lowest BCUT2D eigenvalue weighted by Gasteiger charge is -2.00. The number of nitrogens with zero attached hydrogens (tertiary/aromatic N) is 2. The molecule has 0 N–H and O–H groups in total. The Morgan fingerprint density at radius 3 is 2.88 bits per heavy atom. The molecule has 0 aliphatic heterocycles. The molecule has 2 aromatic rings. The predicted octanol–water partition coefficient (Wildman–Crippen LogP) is 2.48. The molecule has 1 aromatic carbocycles. The van der Waals surface area contributed by atoms with E-state index < -0.39 is 5.82 Å². The van der Waals surface area contributed by atoms with Crippen LogP contribution in [-0.2, 0) is 0 Å². The molecule has 0 bridgehead atoms. The van der Waals surface area contributed by atoms with Crippen molar-refractivity contribution in [1.82, 2.24) is 10.2 Å². The number of aryl methyl sites for hydroxylation is 1. The van der Waals surface area contributed by atoms with Crippen LogP contribution in [-0.4, -0.2) is 16.5 Å². The zero-order chi connectivity index (χ0) is 11.5. The summed E-state index contributed by atoms with van der Waals surface area (Å²) in [6.45, 7) is 1.67. The first-order valence-corrected chi connectivity index (χ1v) is 5.23. The summed E-state index contributed by atoms with van der Waals surface area (Å²) in [5, 5.41) is 7.76. The summed E-state index contributed by atoms with van der Waals surface area (Å²) in [5.74, 6) is -0.00887. The number of benzene rings is 1. The Morgan fingerprint density at radius 2 is 2.25 bits per heavy atom. The van der Waals surface area contributed by atoms with Gasteiger partial charge in [0.25, 0.3) is 5.22 Å². The molecule has 0 aliphatic carbocycles. The van der Waals surface area contributed by atoms with Gasteiger partial charge in [0, 0.05) is 17.4 Å². The first kappa shape index (κ1) is 10.8. The van der Waals surface area contributed by atoms with Crippen LogP contribution < -0.4 is 0 Å². The number of carbonyl (C=O) groups excluding carboxylic acids is 1. The second kappa shape index (κ2) is 4.44. The maximum Gasteiger partial charge on any atom is 0.281 e. The molecule has 0 saturated heterocycles. The largest absolute Gasteiger partial charge is 0.416 e. The van der Waals surface area contributed by atoms with Gasteiger partial charge < -0.3 is 4.42 Å². The van der Waals surface area contributed by atoms with Gasteiger partial charge in [-0.05, 0) is 30.0 Å². The fourth-order valence-corrected chi connectivity index (χ4v) is 1.91. The molecular weight excluding hydrogens is 231 g/mol. The molecule has 0 amide bonds. The van der Waals surface area contributed by atoms with E-state index in [-0.39, 0.29) is 5.56 Å². The van der Waals surface area contributed by atoms with Gasteiger partial charge in [-0.3, -0.25) is 4.79 Å². The molecule has 2 rings (SSSR count). The van der Waals surface area contributed by atoms with Gasteiger partial charge in [0.1, 0.15) is 5.82 Å². The lowest BCUT2D eigenvalue weighted by Crippen LogP contribution is -1.87. The topological polar surface area (TPSA) is 56.0 Å². The minimum Gasteiger partial charge on any atom is -0.416 e. The van der Waals surface area contributed by atoms with Crippen molar-refractivity contribution in [1.29, 1.82) is 0 Å². The summed E-state index contributed by atoms with van der Waals surface area (Å²) < 4.78 is 18.0. The zero-order valence-electron chi connectivity index (χ0n) is 8.31. The minimum absolute atomic E-state index is 0.265. The monoisotopic (exact) mass is 238 g/mol. The number of aldehydes is 1. The van der Waals surface area contributed by atoms with Gasteiger partial charge in [-0.25, -0.2) is 4.39 Å². The molecule has 0 saturated carbocycles. The summed E-state index contributed by atoms with van der Waals surface area (Å²) in [6, 6.07) is 3.94. The highest BCUT2D eigenvalue weighted by atomic mass is 32.2. The molecule has 4 nitrogen and oxygen atoms in total. The third kappa shape index (κ3) is 2.27. The van der Waals surface area contributed by atoms with E-state index in [4.69, 9.17) is 4.42 Å². The highest BCUT2D eigenvalue weighted by Gasteiger charge is 2.09. The Balaban J connectivity index is 2.30. The predicted molar refractivity (Wildman–Crippen MR) is 54.9 cm³/mol. The minimum atomic E-state index is -0.451. The van der Waals surface area contributed by atoms with Gasteiger partial charge in [0.2, 0.25) is 5.89 Å². The Hall–Kier alpha value is -1.69. The van der Waals surface area contributed by atoms with Crippen molar-refractivity contribution in [2.24, 2.45) is 0 Å². The van der Waals surface area contributed by atoms with Gasteiger partial charge in [-0.15, -0.1) is 10.2 Å². The molecule has 1 aromatic heterocycles. The maximum atomic E-state index is 12.9. The van der Waals surface area contributed by atoms with Crippen LogP contribution in [0.25, 0.3) is 0 Å². The molecule has 0 fully saturated rings. The fraction of sp³-hybridized carbons (Fsp3) is 0.100. The molecule has 16 heavy (non-hydrogen) atoms. The third-order valence-electron chi connectivity index (χ3n) is 1.80. The van der Waals surface area contributed by atoms with E-state index in [0.717, 1.165) is 11.8 Å². The van der Waals surface area contributed by atoms with E-state index in [9.17, 15) is 9.18 Å². The Labute approximate surface area is 94.9 Å². The molecule has 0 radical (unpaired) electrons. The molecule has 6 heteroatoms. The second-order valence-corrected chi connectivity index (χ2v) is 3.98. The Bertz CT molecular complexity index is 527. The van der Waals surface area contributed by atoms with Gasteiger partial charge in [-0.2, -0.15) is 0 Å². The molecule has 0 spiro atoms. The summed E-state index contributed by atoms with van der Waals surface area (Å²) in [6.07, 6.45) is 0.592. The molecular formula is C10H7FN2O2S. The summed E-state index contributed by atoms with van der Waals surface area (Å²) in [5.41, 5.74) is 0.265. The Kier molecular flexibility index (Phi) is 3.00. The van der Waals surface area contributed by atoms with Crippen LogP contribution >= 0.6 is 11.8 Å². The summed E-state index contributed by atoms with van der Waals surface area (Å²) in [7, 11) is 0. The number of rotatable bonds is 3. The van der Waals surface area contributed by atoms with Crippen LogP contribution in [0.2, 0.25) is 0 Å². The van der Waals surface area contributed by atoms with Crippen LogP contribution in [0.1, 0.15) is 16.2 Å². The fourth-order valence-electron chi connectivity index (χ4n) is 1.12. The molecule has 0 unspecified atom stereocenters. The average Bonchev–Trinajstić information content (AvgIpc) is 2.67. The number of hydrogen-bond donors (Lipinski definition) is 0. The van der Waals surface area contributed by atoms with Crippen molar-refractivity contribution in [3.05, 3.63) is 35.5 Å². The zero-order valence-corrected chi connectivity index (χ0v) is 9.12.